The van der Waals surface area contributed by atoms with Crippen molar-refractivity contribution in [2.24, 2.45) is 0 Å². The third-order valence-electron chi connectivity index (χ3n) is 4.56. The summed E-state index contributed by atoms with van der Waals surface area (Å²) in [6.07, 6.45) is 0. The molecular weight excluding hydrogens is 438 g/mol. The van der Waals surface area contributed by atoms with Crippen LogP contribution in [-0.4, -0.2) is 47.4 Å². The molecule has 1 heterocycles. The van der Waals surface area contributed by atoms with Crippen molar-refractivity contribution in [2.45, 2.75) is 26.3 Å². The number of carbonyl (C=O) groups is 4. The minimum Gasteiger partial charge on any atom is -0.455 e. The summed E-state index contributed by atoms with van der Waals surface area (Å²) in [7, 11) is 0. The number of nitrogens with one attached hydrogen (secondary N) is 2. The Labute approximate surface area is 189 Å². The highest BCUT2D eigenvalue weighted by Crippen LogP contribution is 2.32. The van der Waals surface area contributed by atoms with Gasteiger partial charge in [-0.2, -0.15) is 0 Å². The van der Waals surface area contributed by atoms with E-state index in [0.29, 0.717) is 16.5 Å². The number of halogens is 1. The molecular formula is C22H22ClN3O6. The molecule has 1 fully saturated rings. The number of imide groups is 1. The molecule has 3 rings (SSSR count). The first kappa shape index (κ1) is 23.1. The minimum atomic E-state index is -1.10. The molecule has 0 saturated carbocycles. The van der Waals surface area contributed by atoms with Gasteiger partial charge in [0.1, 0.15) is 17.8 Å². The van der Waals surface area contributed by atoms with Crippen LogP contribution in [0.15, 0.2) is 42.5 Å². The van der Waals surface area contributed by atoms with Gasteiger partial charge in [-0.15, -0.1) is 0 Å². The second kappa shape index (κ2) is 9.27. The van der Waals surface area contributed by atoms with Crippen molar-refractivity contribution in [2.75, 3.05) is 18.5 Å². The molecule has 0 atom stereocenters. The summed E-state index contributed by atoms with van der Waals surface area (Å²) in [6.45, 7) is 3.77. The average Bonchev–Trinajstić information content (AvgIpc) is 2.91. The standard InChI is InChI=1S/C22H22ClN3O6/c1-13-4-7-15(8-5-13)32-17-9-6-14(23)10-16(17)24-18(27)12-31-19(28)11-26-20(29)22(2,3)25-21(26)30/h4-10H,11-12H2,1-3H3,(H,24,27)(H,25,30). The summed E-state index contributed by atoms with van der Waals surface area (Å²) < 4.78 is 10.7. The van der Waals surface area contributed by atoms with Crippen molar-refractivity contribution in [1.29, 1.82) is 0 Å². The lowest BCUT2D eigenvalue weighted by Crippen LogP contribution is -2.41. The Balaban J connectivity index is 1.58. The molecule has 168 valence electrons. The molecule has 2 aromatic rings. The maximum atomic E-state index is 12.3. The Morgan fingerprint density at radius 1 is 1.12 bits per heavy atom. The predicted octanol–water partition coefficient (Wildman–Crippen LogP) is 3.25. The summed E-state index contributed by atoms with van der Waals surface area (Å²) >= 11 is 6.03. The number of carbonyl (C=O) groups excluding carboxylic acids is 4. The summed E-state index contributed by atoms with van der Waals surface area (Å²) in [6, 6.07) is 11.4. The second-order valence-corrected chi connectivity index (χ2v) is 8.15. The van der Waals surface area contributed by atoms with Crippen molar-refractivity contribution < 1.29 is 28.7 Å². The van der Waals surface area contributed by atoms with Gasteiger partial charge in [-0.3, -0.25) is 19.3 Å². The van der Waals surface area contributed by atoms with Crippen LogP contribution in [0, 0.1) is 6.92 Å². The van der Waals surface area contributed by atoms with Crippen molar-refractivity contribution in [3.63, 3.8) is 0 Å². The number of aryl methyl sites for hydroxylation is 1. The van der Waals surface area contributed by atoms with Gasteiger partial charge in [-0.1, -0.05) is 29.3 Å². The molecule has 10 heteroatoms. The van der Waals surface area contributed by atoms with Crippen LogP contribution in [0.2, 0.25) is 5.02 Å². The molecule has 1 aliphatic heterocycles. The number of anilines is 1. The van der Waals surface area contributed by atoms with E-state index in [2.05, 4.69) is 10.6 Å². The molecule has 1 aliphatic rings. The number of amides is 4. The van der Waals surface area contributed by atoms with Crippen molar-refractivity contribution >= 4 is 41.1 Å². The van der Waals surface area contributed by atoms with Gasteiger partial charge in [0, 0.05) is 5.02 Å². The van der Waals surface area contributed by atoms with Crippen LogP contribution in [0.25, 0.3) is 0 Å². The number of ether oxygens (including phenoxy) is 2. The number of hydrogen-bond donors (Lipinski definition) is 2. The Bertz CT molecular complexity index is 1070. The van der Waals surface area contributed by atoms with E-state index in [9.17, 15) is 19.2 Å². The van der Waals surface area contributed by atoms with Gasteiger partial charge in [0.15, 0.2) is 12.4 Å². The molecule has 0 aliphatic carbocycles. The topological polar surface area (TPSA) is 114 Å². The fraction of sp³-hybridized carbons (Fsp3) is 0.273. The molecule has 9 nitrogen and oxygen atoms in total. The van der Waals surface area contributed by atoms with Crippen LogP contribution < -0.4 is 15.4 Å². The van der Waals surface area contributed by atoms with Crippen LogP contribution in [0.5, 0.6) is 11.5 Å². The molecule has 1 saturated heterocycles. The summed E-state index contributed by atoms with van der Waals surface area (Å²) in [5.41, 5.74) is 0.255. The highest BCUT2D eigenvalue weighted by atomic mass is 35.5. The fourth-order valence-electron chi connectivity index (χ4n) is 2.89. The van der Waals surface area contributed by atoms with Crippen LogP contribution in [-0.2, 0) is 19.1 Å². The van der Waals surface area contributed by atoms with E-state index in [-0.39, 0.29) is 5.69 Å². The van der Waals surface area contributed by atoms with Crippen LogP contribution in [0.1, 0.15) is 19.4 Å². The van der Waals surface area contributed by atoms with Crippen molar-refractivity contribution in [1.82, 2.24) is 10.2 Å². The Hall–Kier alpha value is -3.59. The van der Waals surface area contributed by atoms with Gasteiger partial charge >= 0.3 is 12.0 Å². The lowest BCUT2D eigenvalue weighted by atomic mass is 10.1. The third kappa shape index (κ3) is 5.55. The highest BCUT2D eigenvalue weighted by molar-refractivity contribution is 6.31. The molecule has 0 radical (unpaired) electrons. The molecule has 0 unspecified atom stereocenters. The second-order valence-electron chi connectivity index (χ2n) is 7.71. The third-order valence-corrected chi connectivity index (χ3v) is 4.80. The molecule has 32 heavy (non-hydrogen) atoms. The minimum absolute atomic E-state index is 0.287. The molecule has 0 aromatic heterocycles. The number of rotatable bonds is 7. The van der Waals surface area contributed by atoms with Crippen LogP contribution in [0.4, 0.5) is 10.5 Å². The van der Waals surface area contributed by atoms with Gasteiger partial charge in [-0.05, 0) is 51.1 Å². The van der Waals surface area contributed by atoms with E-state index in [1.807, 2.05) is 19.1 Å². The zero-order chi connectivity index (χ0) is 23.5. The summed E-state index contributed by atoms with van der Waals surface area (Å²) in [5, 5.41) is 5.40. The maximum Gasteiger partial charge on any atom is 0.326 e. The lowest BCUT2D eigenvalue weighted by Gasteiger charge is -2.15. The van der Waals surface area contributed by atoms with E-state index in [1.54, 1.807) is 24.3 Å². The fourth-order valence-corrected chi connectivity index (χ4v) is 3.06. The Kier molecular flexibility index (Phi) is 6.69. The van der Waals surface area contributed by atoms with Crippen molar-refractivity contribution in [3.8, 4) is 11.5 Å². The van der Waals surface area contributed by atoms with E-state index in [4.69, 9.17) is 21.1 Å². The largest absolute Gasteiger partial charge is 0.455 e. The van der Waals surface area contributed by atoms with E-state index >= 15 is 0 Å². The first-order valence-corrected chi connectivity index (χ1v) is 10.1. The SMILES string of the molecule is Cc1ccc(Oc2ccc(Cl)cc2NC(=O)COC(=O)CN2C(=O)NC(C)(C)C2=O)cc1. The van der Waals surface area contributed by atoms with E-state index < -0.39 is 42.5 Å². The van der Waals surface area contributed by atoms with Gasteiger partial charge in [-0.25, -0.2) is 4.79 Å². The summed E-state index contributed by atoms with van der Waals surface area (Å²) in [5.74, 6) is -1.19. The Morgan fingerprint density at radius 2 is 1.81 bits per heavy atom. The number of benzene rings is 2. The zero-order valence-corrected chi connectivity index (χ0v) is 18.5. The van der Waals surface area contributed by atoms with E-state index in [0.717, 1.165) is 10.5 Å². The molecule has 4 amide bonds. The number of nitrogens with zero attached hydrogens (tertiary/aromatic N) is 1. The maximum absolute atomic E-state index is 12.3. The van der Waals surface area contributed by atoms with Gasteiger partial charge < -0.3 is 20.1 Å². The first-order chi connectivity index (χ1) is 15.0. The smallest absolute Gasteiger partial charge is 0.326 e. The zero-order valence-electron chi connectivity index (χ0n) is 17.7. The van der Waals surface area contributed by atoms with Gasteiger partial charge in [0.2, 0.25) is 0 Å². The predicted molar refractivity (Wildman–Crippen MR) is 117 cm³/mol. The quantitative estimate of drug-likeness (QED) is 0.485. The molecule has 2 N–H and O–H groups in total. The number of hydrogen-bond acceptors (Lipinski definition) is 6. The van der Waals surface area contributed by atoms with E-state index in [1.165, 1.54) is 19.9 Å². The molecule has 0 bridgehead atoms. The van der Waals surface area contributed by atoms with Crippen LogP contribution >= 0.6 is 11.6 Å². The molecule has 0 spiro atoms. The summed E-state index contributed by atoms with van der Waals surface area (Å²) in [4.78, 5) is 49.0. The lowest BCUT2D eigenvalue weighted by molar-refractivity contribution is -0.150. The average molecular weight is 460 g/mol. The number of urea groups is 1. The van der Waals surface area contributed by atoms with Crippen molar-refractivity contribution in [3.05, 3.63) is 53.1 Å². The Morgan fingerprint density at radius 3 is 2.44 bits per heavy atom. The molecule has 2 aromatic carbocycles. The monoisotopic (exact) mass is 459 g/mol. The highest BCUT2D eigenvalue weighted by Gasteiger charge is 2.45. The number of esters is 1. The van der Waals surface area contributed by atoms with Gasteiger partial charge in [0.25, 0.3) is 11.8 Å². The van der Waals surface area contributed by atoms with Crippen LogP contribution in [0.3, 0.4) is 0 Å². The van der Waals surface area contributed by atoms with Gasteiger partial charge in [0.05, 0.1) is 5.69 Å². The first-order valence-electron chi connectivity index (χ1n) is 9.69. The normalized spacial score (nSPS) is 14.7.